The Morgan fingerprint density at radius 3 is 2.70 bits per heavy atom. The third kappa shape index (κ3) is 1.43. The predicted molar refractivity (Wildman–Crippen MR) is 31.8 cm³/mol. The smallest absolute Gasteiger partial charge is 0.291 e. The van der Waals surface area contributed by atoms with E-state index in [4.69, 9.17) is 0 Å². The lowest BCUT2D eigenvalue weighted by molar-refractivity contribution is -0.111. The molecule has 0 aliphatic carbocycles. The van der Waals surface area contributed by atoms with Gasteiger partial charge >= 0.3 is 0 Å². The van der Waals surface area contributed by atoms with Crippen molar-refractivity contribution < 1.29 is 13.6 Å². The lowest BCUT2D eigenvalue weighted by atomic mass is 10.4. The van der Waals surface area contributed by atoms with Gasteiger partial charge in [-0.05, 0) is 0 Å². The molecule has 1 aliphatic heterocycles. The van der Waals surface area contributed by atoms with Crippen LogP contribution in [0.5, 0.6) is 0 Å². The molecule has 5 heteroatoms. The van der Waals surface area contributed by atoms with Crippen molar-refractivity contribution in [3.63, 3.8) is 0 Å². The van der Waals surface area contributed by atoms with Crippen LogP contribution >= 0.6 is 0 Å². The highest BCUT2D eigenvalue weighted by Crippen LogP contribution is 2.00. The van der Waals surface area contributed by atoms with Crippen LogP contribution in [-0.4, -0.2) is 30.8 Å². The standard InChI is InChI=1S/C5H4F2N2O/c6-4(7)5-8-1-3(10)2-9-5/h1,4H,2H2. The van der Waals surface area contributed by atoms with Gasteiger partial charge in [-0.25, -0.2) is 13.8 Å². The summed E-state index contributed by atoms with van der Waals surface area (Å²) in [4.78, 5) is 16.7. The van der Waals surface area contributed by atoms with Crippen LogP contribution in [0.3, 0.4) is 0 Å². The van der Waals surface area contributed by atoms with Crippen LogP contribution in [0.15, 0.2) is 9.98 Å². The van der Waals surface area contributed by atoms with Gasteiger partial charge in [0.2, 0.25) is 0 Å². The summed E-state index contributed by atoms with van der Waals surface area (Å²) in [5.74, 6) is -0.899. The van der Waals surface area contributed by atoms with Crippen LogP contribution in [0, 0.1) is 0 Å². The first-order valence-electron chi connectivity index (χ1n) is 2.59. The van der Waals surface area contributed by atoms with E-state index in [0.29, 0.717) is 0 Å². The fourth-order valence-corrected chi connectivity index (χ4v) is 0.504. The fraction of sp³-hybridized carbons (Fsp3) is 0.400. The molecule has 0 fully saturated rings. The number of carbonyl (C=O) groups is 1. The van der Waals surface area contributed by atoms with Crippen molar-refractivity contribution in [3.8, 4) is 0 Å². The molecule has 0 aromatic carbocycles. The largest absolute Gasteiger partial charge is 0.296 e. The van der Waals surface area contributed by atoms with Crippen LogP contribution in [0.1, 0.15) is 0 Å². The van der Waals surface area contributed by atoms with Crippen molar-refractivity contribution >= 4 is 17.8 Å². The number of aliphatic imine (C=N–C) groups is 2. The van der Waals surface area contributed by atoms with Gasteiger partial charge in [-0.15, -0.1) is 0 Å². The minimum Gasteiger partial charge on any atom is -0.291 e. The zero-order valence-corrected chi connectivity index (χ0v) is 4.92. The van der Waals surface area contributed by atoms with Gasteiger partial charge in [0.1, 0.15) is 6.54 Å². The fourth-order valence-electron chi connectivity index (χ4n) is 0.504. The summed E-state index contributed by atoms with van der Waals surface area (Å²) in [5, 5.41) is 0. The molecule has 0 atom stereocenters. The number of Topliss-reactive ketones (excluding diaryl/α,β-unsaturated/α-hetero) is 1. The van der Waals surface area contributed by atoms with Gasteiger partial charge in [0, 0.05) is 0 Å². The van der Waals surface area contributed by atoms with Crippen LogP contribution < -0.4 is 0 Å². The molecular weight excluding hydrogens is 142 g/mol. The molecule has 0 N–H and O–H groups in total. The van der Waals surface area contributed by atoms with Crippen molar-refractivity contribution in [2.24, 2.45) is 9.98 Å². The number of nitrogens with zero attached hydrogens (tertiary/aromatic N) is 2. The molecule has 3 nitrogen and oxygen atoms in total. The van der Waals surface area contributed by atoms with Gasteiger partial charge in [-0.2, -0.15) is 0 Å². The van der Waals surface area contributed by atoms with E-state index in [0.717, 1.165) is 6.21 Å². The highest BCUT2D eigenvalue weighted by molar-refractivity contribution is 6.32. The zero-order chi connectivity index (χ0) is 7.56. The van der Waals surface area contributed by atoms with Gasteiger partial charge in [0.15, 0.2) is 11.6 Å². The summed E-state index contributed by atoms with van der Waals surface area (Å²) in [6.07, 6.45) is -1.81. The summed E-state index contributed by atoms with van der Waals surface area (Å²) in [5.41, 5.74) is 0. The molecule has 0 unspecified atom stereocenters. The van der Waals surface area contributed by atoms with E-state index in [1.165, 1.54) is 0 Å². The van der Waals surface area contributed by atoms with Crippen molar-refractivity contribution in [1.29, 1.82) is 0 Å². The second-order valence-electron chi connectivity index (χ2n) is 1.70. The number of hydrogen-bond donors (Lipinski definition) is 0. The molecule has 10 heavy (non-hydrogen) atoms. The highest BCUT2D eigenvalue weighted by atomic mass is 19.3. The first-order valence-corrected chi connectivity index (χ1v) is 2.59. The zero-order valence-electron chi connectivity index (χ0n) is 4.92. The maximum absolute atomic E-state index is 11.7. The van der Waals surface area contributed by atoms with Gasteiger partial charge in [0.25, 0.3) is 6.43 Å². The van der Waals surface area contributed by atoms with Crippen LogP contribution in [0.4, 0.5) is 8.78 Å². The molecular formula is C5H4F2N2O. The molecule has 1 rings (SSSR count). The molecule has 0 saturated heterocycles. The molecule has 0 aromatic heterocycles. The van der Waals surface area contributed by atoms with E-state index in [1.54, 1.807) is 0 Å². The molecule has 0 bridgehead atoms. The normalized spacial score (nSPS) is 17.9. The molecule has 0 saturated carbocycles. The Kier molecular flexibility index (Phi) is 1.84. The number of carbonyl (C=O) groups excluding carboxylic acids is 1. The van der Waals surface area contributed by atoms with E-state index in [-0.39, 0.29) is 12.3 Å². The average molecular weight is 146 g/mol. The molecule has 0 radical (unpaired) electrons. The number of rotatable bonds is 1. The molecule has 0 aromatic rings. The van der Waals surface area contributed by atoms with E-state index in [2.05, 4.69) is 9.98 Å². The molecule has 54 valence electrons. The maximum atomic E-state index is 11.7. The first-order chi connectivity index (χ1) is 4.70. The van der Waals surface area contributed by atoms with Crippen molar-refractivity contribution in [3.05, 3.63) is 0 Å². The van der Waals surface area contributed by atoms with Crippen molar-refractivity contribution in [2.75, 3.05) is 6.54 Å². The van der Waals surface area contributed by atoms with Crippen LogP contribution in [0.2, 0.25) is 0 Å². The van der Waals surface area contributed by atoms with Gasteiger partial charge in [-0.3, -0.25) is 9.79 Å². The van der Waals surface area contributed by atoms with Crippen molar-refractivity contribution in [1.82, 2.24) is 0 Å². The van der Waals surface area contributed by atoms with Crippen LogP contribution in [0.25, 0.3) is 0 Å². The minimum absolute atomic E-state index is 0.205. The first kappa shape index (κ1) is 6.98. The minimum atomic E-state index is -2.68. The summed E-state index contributed by atoms with van der Waals surface area (Å²) in [6.45, 7) is -0.205. The second-order valence-corrected chi connectivity index (χ2v) is 1.70. The highest BCUT2D eigenvalue weighted by Gasteiger charge is 2.14. The third-order valence-electron chi connectivity index (χ3n) is 0.933. The molecule has 1 heterocycles. The summed E-state index contributed by atoms with van der Waals surface area (Å²) >= 11 is 0. The van der Waals surface area contributed by atoms with E-state index < -0.39 is 12.3 Å². The SMILES string of the molecule is O=C1C=NC(C(F)F)=NC1. The van der Waals surface area contributed by atoms with Gasteiger partial charge in [0.05, 0.1) is 6.21 Å². The average Bonchev–Trinajstić information content (AvgIpc) is 1.88. The summed E-state index contributed by atoms with van der Waals surface area (Å²) in [6, 6.07) is 0. The van der Waals surface area contributed by atoms with E-state index in [9.17, 15) is 13.6 Å². The van der Waals surface area contributed by atoms with Crippen molar-refractivity contribution in [2.45, 2.75) is 6.43 Å². The second kappa shape index (κ2) is 2.64. The number of hydrogen-bond acceptors (Lipinski definition) is 3. The van der Waals surface area contributed by atoms with E-state index in [1.807, 2.05) is 0 Å². The Labute approximate surface area is 55.5 Å². The quantitative estimate of drug-likeness (QED) is 0.524. The summed E-state index contributed by atoms with van der Waals surface area (Å²) < 4.78 is 23.4. The lowest BCUT2D eigenvalue weighted by Gasteiger charge is -2.01. The van der Waals surface area contributed by atoms with Gasteiger partial charge < -0.3 is 0 Å². The van der Waals surface area contributed by atoms with Gasteiger partial charge in [-0.1, -0.05) is 0 Å². The molecule has 1 aliphatic rings. The predicted octanol–water partition coefficient (Wildman–Crippen LogP) is 0.303. The third-order valence-corrected chi connectivity index (χ3v) is 0.933. The Bertz CT molecular complexity index is 210. The Morgan fingerprint density at radius 1 is 1.60 bits per heavy atom. The topological polar surface area (TPSA) is 41.8 Å². The Balaban J connectivity index is 2.67. The maximum Gasteiger partial charge on any atom is 0.296 e. The number of halogens is 2. The van der Waals surface area contributed by atoms with E-state index >= 15 is 0 Å². The molecule has 0 amide bonds. The van der Waals surface area contributed by atoms with Crippen LogP contribution in [-0.2, 0) is 4.79 Å². The molecule has 0 spiro atoms. The number of ketones is 1. The number of amidine groups is 1. The summed E-state index contributed by atoms with van der Waals surface area (Å²) in [7, 11) is 0. The monoisotopic (exact) mass is 146 g/mol. The lowest BCUT2D eigenvalue weighted by Crippen LogP contribution is -2.18. The number of alkyl halides is 2. The Morgan fingerprint density at radius 2 is 2.30 bits per heavy atom. The Hall–Kier alpha value is -1.13.